The third-order valence-corrected chi connectivity index (χ3v) is 3.94. The van der Waals surface area contributed by atoms with E-state index in [0.29, 0.717) is 41.2 Å². The smallest absolute Gasteiger partial charge is 0.223 e. The SMILES string of the molecule is O=C1CC(CS)CN1Cc1ccc(Br)cc1F. The van der Waals surface area contributed by atoms with Crippen LogP contribution in [0.25, 0.3) is 0 Å². The summed E-state index contributed by atoms with van der Waals surface area (Å²) in [4.78, 5) is 13.4. The number of hydrogen-bond donors (Lipinski definition) is 1. The van der Waals surface area contributed by atoms with Crippen LogP contribution < -0.4 is 0 Å². The van der Waals surface area contributed by atoms with E-state index in [2.05, 4.69) is 28.6 Å². The Morgan fingerprint density at radius 1 is 1.53 bits per heavy atom. The van der Waals surface area contributed by atoms with E-state index >= 15 is 0 Å². The van der Waals surface area contributed by atoms with Crippen molar-refractivity contribution in [2.24, 2.45) is 5.92 Å². The van der Waals surface area contributed by atoms with Crippen LogP contribution in [0.3, 0.4) is 0 Å². The molecule has 1 fully saturated rings. The fourth-order valence-electron chi connectivity index (χ4n) is 1.98. The van der Waals surface area contributed by atoms with E-state index in [0.717, 1.165) is 0 Å². The fourth-order valence-corrected chi connectivity index (χ4v) is 2.56. The molecule has 1 saturated heterocycles. The molecule has 0 aromatic heterocycles. The highest BCUT2D eigenvalue weighted by Crippen LogP contribution is 2.23. The fraction of sp³-hybridized carbons (Fsp3) is 0.417. The predicted molar refractivity (Wildman–Crippen MR) is 71.5 cm³/mol. The number of carbonyl (C=O) groups excluding carboxylic acids is 1. The highest BCUT2D eigenvalue weighted by molar-refractivity contribution is 9.10. The minimum atomic E-state index is -0.276. The quantitative estimate of drug-likeness (QED) is 0.850. The highest BCUT2D eigenvalue weighted by Gasteiger charge is 2.28. The molecule has 2 rings (SSSR count). The predicted octanol–water partition coefficient (Wildman–Crippen LogP) is 2.87. The van der Waals surface area contributed by atoms with E-state index in [1.165, 1.54) is 6.07 Å². The van der Waals surface area contributed by atoms with Gasteiger partial charge in [0.05, 0.1) is 0 Å². The minimum Gasteiger partial charge on any atom is -0.338 e. The van der Waals surface area contributed by atoms with Crippen molar-refractivity contribution in [3.8, 4) is 0 Å². The molecule has 1 aromatic carbocycles. The second kappa shape index (κ2) is 5.40. The number of likely N-dealkylation sites (tertiary alicyclic amines) is 1. The van der Waals surface area contributed by atoms with Gasteiger partial charge in [-0.2, -0.15) is 12.6 Å². The molecule has 2 nitrogen and oxygen atoms in total. The Bertz CT molecular complexity index is 441. The molecule has 0 aliphatic carbocycles. The number of rotatable bonds is 3. The second-order valence-corrected chi connectivity index (χ2v) is 5.54. The standard InChI is InChI=1S/C12H13BrFNOS/c13-10-2-1-9(11(14)4-10)6-15-5-8(7-17)3-12(15)16/h1-2,4,8,17H,3,5-7H2. The number of hydrogen-bond acceptors (Lipinski definition) is 2. The normalized spacial score (nSPS) is 20.1. The number of amides is 1. The van der Waals surface area contributed by atoms with Crippen molar-refractivity contribution in [3.05, 3.63) is 34.1 Å². The molecule has 0 spiro atoms. The number of thiol groups is 1. The maximum atomic E-state index is 13.6. The number of nitrogens with zero attached hydrogens (tertiary/aromatic N) is 1. The molecular formula is C12H13BrFNOS. The molecule has 1 aliphatic rings. The zero-order chi connectivity index (χ0) is 12.4. The van der Waals surface area contributed by atoms with Crippen molar-refractivity contribution in [3.63, 3.8) is 0 Å². The summed E-state index contributed by atoms with van der Waals surface area (Å²) in [6.45, 7) is 1.03. The molecule has 1 aliphatic heterocycles. The Morgan fingerprint density at radius 2 is 2.29 bits per heavy atom. The van der Waals surface area contributed by atoms with Gasteiger partial charge in [-0.15, -0.1) is 0 Å². The van der Waals surface area contributed by atoms with Crippen LogP contribution in [0.5, 0.6) is 0 Å². The van der Waals surface area contributed by atoms with Crippen molar-refractivity contribution in [2.75, 3.05) is 12.3 Å². The van der Waals surface area contributed by atoms with Gasteiger partial charge in [-0.1, -0.05) is 22.0 Å². The van der Waals surface area contributed by atoms with Crippen LogP contribution in [0.2, 0.25) is 0 Å². The lowest BCUT2D eigenvalue weighted by Gasteiger charge is -2.16. The summed E-state index contributed by atoms with van der Waals surface area (Å²) in [5.41, 5.74) is 0.557. The van der Waals surface area contributed by atoms with Crippen molar-refractivity contribution in [2.45, 2.75) is 13.0 Å². The van der Waals surface area contributed by atoms with Gasteiger partial charge in [-0.05, 0) is 23.8 Å². The van der Waals surface area contributed by atoms with E-state index in [4.69, 9.17) is 0 Å². The summed E-state index contributed by atoms with van der Waals surface area (Å²) in [7, 11) is 0. The summed E-state index contributed by atoms with van der Waals surface area (Å²) in [5, 5.41) is 0. The molecule has 0 saturated carbocycles. The molecule has 1 atom stereocenters. The molecule has 0 N–H and O–H groups in total. The van der Waals surface area contributed by atoms with Crippen LogP contribution in [-0.4, -0.2) is 23.1 Å². The van der Waals surface area contributed by atoms with Crippen LogP contribution in [0.1, 0.15) is 12.0 Å². The van der Waals surface area contributed by atoms with Gasteiger partial charge in [0, 0.05) is 29.5 Å². The van der Waals surface area contributed by atoms with Crippen LogP contribution >= 0.6 is 28.6 Å². The Balaban J connectivity index is 2.08. The van der Waals surface area contributed by atoms with E-state index in [1.807, 2.05) is 0 Å². The van der Waals surface area contributed by atoms with Crippen LogP contribution in [0, 0.1) is 11.7 Å². The van der Waals surface area contributed by atoms with Gasteiger partial charge in [0.25, 0.3) is 0 Å². The third-order valence-electron chi connectivity index (χ3n) is 2.93. The number of carbonyl (C=O) groups is 1. The van der Waals surface area contributed by atoms with Gasteiger partial charge >= 0.3 is 0 Å². The molecule has 92 valence electrons. The first-order valence-corrected chi connectivity index (χ1v) is 6.85. The topological polar surface area (TPSA) is 20.3 Å². The Morgan fingerprint density at radius 3 is 2.88 bits per heavy atom. The molecular weight excluding hydrogens is 305 g/mol. The summed E-state index contributed by atoms with van der Waals surface area (Å²) < 4.78 is 14.3. The maximum Gasteiger partial charge on any atom is 0.223 e. The second-order valence-electron chi connectivity index (χ2n) is 4.26. The highest BCUT2D eigenvalue weighted by atomic mass is 79.9. The molecule has 1 aromatic rings. The summed E-state index contributed by atoms with van der Waals surface area (Å²) >= 11 is 7.41. The zero-order valence-corrected chi connectivity index (χ0v) is 11.7. The van der Waals surface area contributed by atoms with Crippen molar-refractivity contribution in [1.29, 1.82) is 0 Å². The minimum absolute atomic E-state index is 0.0892. The van der Waals surface area contributed by atoms with E-state index in [9.17, 15) is 9.18 Å². The molecule has 1 unspecified atom stereocenters. The van der Waals surface area contributed by atoms with Gasteiger partial charge in [0.15, 0.2) is 0 Å². The first-order chi connectivity index (χ1) is 8.10. The van der Waals surface area contributed by atoms with Gasteiger partial charge in [-0.25, -0.2) is 4.39 Å². The largest absolute Gasteiger partial charge is 0.338 e. The zero-order valence-electron chi connectivity index (χ0n) is 9.20. The molecule has 0 radical (unpaired) electrons. The van der Waals surface area contributed by atoms with Crippen molar-refractivity contribution >= 4 is 34.5 Å². The average Bonchev–Trinajstić information content (AvgIpc) is 2.64. The van der Waals surface area contributed by atoms with Crippen LogP contribution in [0.4, 0.5) is 4.39 Å². The Hall–Kier alpha value is -0.550. The van der Waals surface area contributed by atoms with E-state index in [-0.39, 0.29) is 11.7 Å². The lowest BCUT2D eigenvalue weighted by Crippen LogP contribution is -2.25. The van der Waals surface area contributed by atoms with Crippen LogP contribution in [-0.2, 0) is 11.3 Å². The van der Waals surface area contributed by atoms with Gasteiger partial charge in [-0.3, -0.25) is 4.79 Å². The Kier molecular flexibility index (Phi) is 4.09. The average molecular weight is 318 g/mol. The summed E-state index contributed by atoms with van der Waals surface area (Å²) in [6, 6.07) is 4.92. The van der Waals surface area contributed by atoms with Gasteiger partial charge in [0.1, 0.15) is 5.82 Å². The summed E-state index contributed by atoms with van der Waals surface area (Å²) in [5.74, 6) is 0.808. The first-order valence-electron chi connectivity index (χ1n) is 5.42. The van der Waals surface area contributed by atoms with Crippen molar-refractivity contribution < 1.29 is 9.18 Å². The Labute approximate surface area is 114 Å². The van der Waals surface area contributed by atoms with Gasteiger partial charge < -0.3 is 4.90 Å². The first kappa shape index (κ1) is 12.9. The lowest BCUT2D eigenvalue weighted by molar-refractivity contribution is -0.128. The molecule has 1 amide bonds. The molecule has 17 heavy (non-hydrogen) atoms. The van der Waals surface area contributed by atoms with E-state index < -0.39 is 0 Å². The number of halogens is 2. The molecule has 5 heteroatoms. The van der Waals surface area contributed by atoms with Crippen molar-refractivity contribution in [1.82, 2.24) is 4.90 Å². The summed E-state index contributed by atoms with van der Waals surface area (Å²) in [6.07, 6.45) is 0.529. The molecule has 1 heterocycles. The van der Waals surface area contributed by atoms with Gasteiger partial charge in [0.2, 0.25) is 5.91 Å². The monoisotopic (exact) mass is 317 g/mol. The molecule has 0 bridgehead atoms. The van der Waals surface area contributed by atoms with E-state index in [1.54, 1.807) is 17.0 Å². The van der Waals surface area contributed by atoms with Crippen LogP contribution in [0.15, 0.2) is 22.7 Å². The lowest BCUT2D eigenvalue weighted by atomic mass is 10.1. The third kappa shape index (κ3) is 3.01. The maximum absolute atomic E-state index is 13.6. The number of benzene rings is 1.